The molecule has 1 N–H and O–H groups in total. The molecule has 1 aliphatic carbocycles. The highest BCUT2D eigenvalue weighted by molar-refractivity contribution is 5.52. The molecule has 20 heavy (non-hydrogen) atoms. The van der Waals surface area contributed by atoms with Crippen LogP contribution in [0.15, 0.2) is 18.5 Å². The Hall–Kier alpha value is -1.09. The smallest absolute Gasteiger partial charge is 0.0442 e. The van der Waals surface area contributed by atoms with E-state index in [2.05, 4.69) is 42.2 Å². The summed E-state index contributed by atoms with van der Waals surface area (Å²) in [5.41, 5.74) is 2.67. The van der Waals surface area contributed by atoms with Gasteiger partial charge in [0.05, 0.1) is 0 Å². The topological polar surface area (TPSA) is 28.2 Å². The highest BCUT2D eigenvalue weighted by Gasteiger charge is 2.26. The minimum atomic E-state index is 0.677. The van der Waals surface area contributed by atoms with E-state index in [1.54, 1.807) is 0 Å². The summed E-state index contributed by atoms with van der Waals surface area (Å²) in [5, 5.41) is 3.49. The lowest BCUT2D eigenvalue weighted by Gasteiger charge is -2.38. The van der Waals surface area contributed by atoms with Crippen LogP contribution in [0.4, 0.5) is 5.69 Å². The van der Waals surface area contributed by atoms with Gasteiger partial charge >= 0.3 is 0 Å². The van der Waals surface area contributed by atoms with Crippen molar-refractivity contribution in [3.05, 3.63) is 24.0 Å². The van der Waals surface area contributed by atoms with E-state index in [1.165, 1.54) is 43.4 Å². The molecular weight excluding hydrogens is 246 g/mol. The number of rotatable bonds is 6. The van der Waals surface area contributed by atoms with E-state index in [4.69, 9.17) is 0 Å². The molecular formula is C17H29N3. The first kappa shape index (κ1) is 15.3. The number of nitrogens with one attached hydrogen (secondary N) is 1. The van der Waals surface area contributed by atoms with Gasteiger partial charge in [0.15, 0.2) is 0 Å². The molecule has 3 nitrogen and oxygen atoms in total. The number of hydrogen-bond acceptors (Lipinski definition) is 3. The lowest BCUT2D eigenvalue weighted by atomic mass is 9.85. The second kappa shape index (κ2) is 7.63. The first-order valence-corrected chi connectivity index (χ1v) is 8.10. The molecule has 1 saturated carbocycles. The fourth-order valence-electron chi connectivity index (χ4n) is 3.35. The van der Waals surface area contributed by atoms with Crippen LogP contribution in [0.5, 0.6) is 0 Å². The summed E-state index contributed by atoms with van der Waals surface area (Å²) in [5.74, 6) is 0.790. The molecule has 0 aromatic carbocycles. The van der Waals surface area contributed by atoms with Crippen LogP contribution in [0.2, 0.25) is 0 Å². The molecule has 1 aromatic rings. The summed E-state index contributed by atoms with van der Waals surface area (Å²) < 4.78 is 0. The molecule has 2 atom stereocenters. The molecule has 0 spiro atoms. The number of nitrogens with zero attached hydrogens (tertiary/aromatic N) is 2. The van der Waals surface area contributed by atoms with Crippen molar-refractivity contribution >= 4 is 5.69 Å². The molecule has 1 aliphatic rings. The van der Waals surface area contributed by atoms with Gasteiger partial charge in [-0.15, -0.1) is 0 Å². The van der Waals surface area contributed by atoms with Gasteiger partial charge < -0.3 is 10.2 Å². The normalized spacial score (nSPS) is 22.8. The largest absolute Gasteiger partial charge is 0.371 e. The van der Waals surface area contributed by atoms with Crippen LogP contribution in [-0.4, -0.2) is 24.6 Å². The molecule has 0 bridgehead atoms. The predicted molar refractivity (Wildman–Crippen MR) is 86.1 cm³/mol. The van der Waals surface area contributed by atoms with Crippen molar-refractivity contribution in [2.24, 2.45) is 5.92 Å². The molecule has 0 aliphatic heterocycles. The van der Waals surface area contributed by atoms with Crippen molar-refractivity contribution in [3.8, 4) is 0 Å². The highest BCUT2D eigenvalue weighted by atomic mass is 15.1. The molecule has 3 heteroatoms. The third-order valence-corrected chi connectivity index (χ3v) is 4.56. The SMILES string of the molecule is CCCNCc1cnccc1N(C)C1CCCCC1C. The van der Waals surface area contributed by atoms with E-state index in [-0.39, 0.29) is 0 Å². The standard InChI is InChI=1S/C17H29N3/c1-4-10-18-12-15-13-19-11-9-17(15)20(3)16-8-6-5-7-14(16)2/h9,11,13-14,16,18H,4-8,10,12H2,1-3H3. The van der Waals surface area contributed by atoms with Gasteiger partial charge in [-0.2, -0.15) is 0 Å². The van der Waals surface area contributed by atoms with Gasteiger partial charge in [0.2, 0.25) is 0 Å². The Kier molecular flexibility index (Phi) is 5.84. The zero-order valence-electron chi connectivity index (χ0n) is 13.2. The fourth-order valence-corrected chi connectivity index (χ4v) is 3.35. The summed E-state index contributed by atoms with van der Waals surface area (Å²) in [7, 11) is 2.26. The van der Waals surface area contributed by atoms with Gasteiger partial charge in [-0.3, -0.25) is 4.98 Å². The molecule has 1 aromatic heterocycles. The van der Waals surface area contributed by atoms with Crippen LogP contribution < -0.4 is 10.2 Å². The lowest BCUT2D eigenvalue weighted by Crippen LogP contribution is -2.39. The van der Waals surface area contributed by atoms with Crippen molar-refractivity contribution in [3.63, 3.8) is 0 Å². The molecule has 0 amide bonds. The summed E-state index contributed by atoms with van der Waals surface area (Å²) in [6, 6.07) is 2.85. The van der Waals surface area contributed by atoms with E-state index in [0.717, 1.165) is 19.0 Å². The van der Waals surface area contributed by atoms with Gasteiger partial charge in [0, 0.05) is 43.3 Å². The van der Waals surface area contributed by atoms with E-state index in [0.29, 0.717) is 6.04 Å². The molecule has 1 heterocycles. The Morgan fingerprint density at radius 1 is 1.35 bits per heavy atom. The second-order valence-electron chi connectivity index (χ2n) is 6.12. The first-order valence-electron chi connectivity index (χ1n) is 8.10. The molecule has 112 valence electrons. The summed E-state index contributed by atoms with van der Waals surface area (Å²) in [4.78, 5) is 6.80. The molecule has 1 fully saturated rings. The molecule has 2 unspecified atom stereocenters. The number of pyridine rings is 1. The number of aromatic nitrogens is 1. The Morgan fingerprint density at radius 2 is 2.15 bits per heavy atom. The van der Waals surface area contributed by atoms with Crippen LogP contribution in [0.25, 0.3) is 0 Å². The minimum absolute atomic E-state index is 0.677. The average molecular weight is 275 g/mol. The number of hydrogen-bond donors (Lipinski definition) is 1. The van der Waals surface area contributed by atoms with Gasteiger partial charge in [-0.25, -0.2) is 0 Å². The molecule has 2 rings (SSSR count). The van der Waals surface area contributed by atoms with Crippen molar-refractivity contribution in [2.45, 2.75) is 58.5 Å². The van der Waals surface area contributed by atoms with Crippen LogP contribution in [-0.2, 0) is 6.54 Å². The van der Waals surface area contributed by atoms with Crippen molar-refractivity contribution in [1.29, 1.82) is 0 Å². The minimum Gasteiger partial charge on any atom is -0.371 e. The Balaban J connectivity index is 2.09. The van der Waals surface area contributed by atoms with Crippen LogP contribution in [0.1, 0.15) is 51.5 Å². The third-order valence-electron chi connectivity index (χ3n) is 4.56. The van der Waals surface area contributed by atoms with Crippen LogP contribution >= 0.6 is 0 Å². The highest BCUT2D eigenvalue weighted by Crippen LogP contribution is 2.31. The summed E-state index contributed by atoms with van der Waals surface area (Å²) in [6.07, 6.45) is 10.6. The Labute approximate surface area is 123 Å². The van der Waals surface area contributed by atoms with Gasteiger partial charge in [0.1, 0.15) is 0 Å². The predicted octanol–water partition coefficient (Wildman–Crippen LogP) is 3.60. The Bertz CT molecular complexity index is 405. The summed E-state index contributed by atoms with van der Waals surface area (Å²) in [6.45, 7) is 6.59. The maximum atomic E-state index is 4.30. The molecule has 0 radical (unpaired) electrons. The van der Waals surface area contributed by atoms with Crippen molar-refractivity contribution in [1.82, 2.24) is 10.3 Å². The lowest BCUT2D eigenvalue weighted by molar-refractivity contribution is 0.321. The van der Waals surface area contributed by atoms with Gasteiger partial charge in [-0.1, -0.05) is 26.7 Å². The van der Waals surface area contributed by atoms with E-state index < -0.39 is 0 Å². The van der Waals surface area contributed by atoms with Crippen molar-refractivity contribution in [2.75, 3.05) is 18.5 Å². The Morgan fingerprint density at radius 3 is 2.90 bits per heavy atom. The number of anilines is 1. The van der Waals surface area contributed by atoms with Crippen LogP contribution in [0.3, 0.4) is 0 Å². The zero-order valence-corrected chi connectivity index (χ0v) is 13.2. The maximum Gasteiger partial charge on any atom is 0.0442 e. The van der Waals surface area contributed by atoms with Gasteiger partial charge in [0.25, 0.3) is 0 Å². The third kappa shape index (κ3) is 3.72. The van der Waals surface area contributed by atoms with E-state index in [9.17, 15) is 0 Å². The first-order chi connectivity index (χ1) is 9.74. The maximum absolute atomic E-state index is 4.30. The monoisotopic (exact) mass is 275 g/mol. The quantitative estimate of drug-likeness (QED) is 0.804. The van der Waals surface area contributed by atoms with Crippen LogP contribution in [0, 0.1) is 5.92 Å². The van der Waals surface area contributed by atoms with E-state index >= 15 is 0 Å². The van der Waals surface area contributed by atoms with Crippen molar-refractivity contribution < 1.29 is 0 Å². The summed E-state index contributed by atoms with van der Waals surface area (Å²) >= 11 is 0. The zero-order chi connectivity index (χ0) is 14.4. The molecule has 0 saturated heterocycles. The second-order valence-corrected chi connectivity index (χ2v) is 6.12. The average Bonchev–Trinajstić information content (AvgIpc) is 2.48. The van der Waals surface area contributed by atoms with Gasteiger partial charge in [-0.05, 0) is 37.8 Å². The fraction of sp³-hybridized carbons (Fsp3) is 0.706. The van der Waals surface area contributed by atoms with E-state index in [1.807, 2.05) is 12.4 Å².